The Morgan fingerprint density at radius 3 is 2.74 bits per heavy atom. The minimum absolute atomic E-state index is 0.0419. The lowest BCUT2D eigenvalue weighted by atomic mass is 9.74. The first-order valence-corrected chi connectivity index (χ1v) is 8.68. The summed E-state index contributed by atoms with van der Waals surface area (Å²) in [5, 5.41) is 3.82. The van der Waals surface area contributed by atoms with Gasteiger partial charge in [0.2, 0.25) is 5.91 Å². The number of nitrogens with one attached hydrogen (secondary N) is 1. The molecule has 1 saturated carbocycles. The zero-order chi connectivity index (χ0) is 17.0. The number of hydrogen-bond acceptors (Lipinski definition) is 3. The fraction of sp³-hybridized carbons (Fsp3) is 0.611. The molecule has 1 fully saturated rings. The number of likely N-dealkylation sites (N-methyl/N-ethyl adjacent to an activating group) is 1. The minimum atomic E-state index is -0.402. The molecule has 0 spiro atoms. The van der Waals surface area contributed by atoms with Gasteiger partial charge in [-0.1, -0.05) is 42.6 Å². The molecule has 3 atom stereocenters. The topological polar surface area (TPSA) is 58.4 Å². The van der Waals surface area contributed by atoms with Crippen molar-refractivity contribution in [1.29, 1.82) is 0 Å². The average molecular weight is 338 g/mol. The Labute approximate surface area is 144 Å². The smallest absolute Gasteiger partial charge is 0.225 e. The molecular weight excluding hydrogens is 310 g/mol. The van der Waals surface area contributed by atoms with E-state index >= 15 is 0 Å². The van der Waals surface area contributed by atoms with Crippen molar-refractivity contribution >= 4 is 17.5 Å². The number of halogens is 1. The lowest BCUT2D eigenvalue weighted by Crippen LogP contribution is -2.53. The van der Waals surface area contributed by atoms with Crippen LogP contribution in [0.15, 0.2) is 24.3 Å². The maximum absolute atomic E-state index is 12.6. The van der Waals surface area contributed by atoms with Crippen molar-refractivity contribution in [2.75, 3.05) is 20.6 Å². The van der Waals surface area contributed by atoms with Gasteiger partial charge in [-0.25, -0.2) is 0 Å². The molecule has 3 unspecified atom stereocenters. The molecule has 4 nitrogen and oxygen atoms in total. The first-order chi connectivity index (χ1) is 10.8. The van der Waals surface area contributed by atoms with Crippen molar-refractivity contribution in [3.8, 4) is 0 Å². The van der Waals surface area contributed by atoms with Crippen molar-refractivity contribution in [2.45, 2.75) is 44.2 Å². The average Bonchev–Trinajstić information content (AvgIpc) is 2.48. The Bertz CT molecular complexity index is 545. The number of amides is 1. The molecule has 0 heterocycles. The molecule has 3 N–H and O–H groups in total. The third-order valence-corrected chi connectivity index (χ3v) is 5.27. The zero-order valence-corrected chi connectivity index (χ0v) is 15.1. The summed E-state index contributed by atoms with van der Waals surface area (Å²) in [6.45, 7) is 2.52. The lowest BCUT2D eigenvalue weighted by molar-refractivity contribution is -0.128. The fourth-order valence-corrected chi connectivity index (χ4v) is 3.69. The van der Waals surface area contributed by atoms with Gasteiger partial charge in [-0.15, -0.1) is 0 Å². The summed E-state index contributed by atoms with van der Waals surface area (Å²) < 4.78 is 0. The van der Waals surface area contributed by atoms with E-state index in [-0.39, 0.29) is 17.9 Å². The molecule has 1 amide bonds. The Balaban J connectivity index is 2.04. The maximum Gasteiger partial charge on any atom is 0.225 e. The number of rotatable bonds is 5. The number of nitrogens with two attached hydrogens (primary N) is 1. The van der Waals surface area contributed by atoms with Gasteiger partial charge >= 0.3 is 0 Å². The summed E-state index contributed by atoms with van der Waals surface area (Å²) in [4.78, 5) is 14.7. The fourth-order valence-electron chi connectivity index (χ4n) is 3.43. The molecule has 5 heteroatoms. The van der Waals surface area contributed by atoms with Gasteiger partial charge in [-0.2, -0.15) is 0 Å². The maximum atomic E-state index is 12.6. The highest BCUT2D eigenvalue weighted by Gasteiger charge is 2.37. The van der Waals surface area contributed by atoms with Crippen LogP contribution in [-0.2, 0) is 4.79 Å². The number of benzene rings is 1. The van der Waals surface area contributed by atoms with Gasteiger partial charge in [0.15, 0.2) is 0 Å². The lowest BCUT2D eigenvalue weighted by Gasteiger charge is -2.37. The second-order valence-corrected chi connectivity index (χ2v) is 7.46. The number of carbonyl (C=O) groups is 1. The quantitative estimate of drug-likeness (QED) is 0.868. The van der Waals surface area contributed by atoms with Gasteiger partial charge in [-0.3, -0.25) is 4.79 Å². The van der Waals surface area contributed by atoms with E-state index < -0.39 is 5.54 Å². The third-order valence-electron chi connectivity index (χ3n) is 4.93. The molecule has 23 heavy (non-hydrogen) atoms. The summed E-state index contributed by atoms with van der Waals surface area (Å²) in [5.41, 5.74) is 6.96. The van der Waals surface area contributed by atoms with Crippen molar-refractivity contribution in [1.82, 2.24) is 10.2 Å². The van der Waals surface area contributed by atoms with Crippen molar-refractivity contribution in [2.24, 2.45) is 11.7 Å². The molecule has 1 aliphatic rings. The highest BCUT2D eigenvalue weighted by atomic mass is 35.5. The van der Waals surface area contributed by atoms with Crippen molar-refractivity contribution < 1.29 is 4.79 Å². The van der Waals surface area contributed by atoms with Crippen LogP contribution < -0.4 is 11.1 Å². The van der Waals surface area contributed by atoms with E-state index in [2.05, 4.69) is 10.2 Å². The van der Waals surface area contributed by atoms with E-state index in [1.165, 1.54) is 0 Å². The predicted molar refractivity (Wildman–Crippen MR) is 95.4 cm³/mol. The Kier molecular flexibility index (Phi) is 6.06. The van der Waals surface area contributed by atoms with Gasteiger partial charge in [0.05, 0.1) is 12.0 Å². The van der Waals surface area contributed by atoms with Crippen LogP contribution >= 0.6 is 11.6 Å². The molecule has 128 valence electrons. The van der Waals surface area contributed by atoms with Gasteiger partial charge in [0.25, 0.3) is 0 Å². The predicted octanol–water partition coefficient (Wildman–Crippen LogP) is 2.97. The number of carbonyl (C=O) groups excluding carboxylic acids is 1. The zero-order valence-electron chi connectivity index (χ0n) is 14.3. The van der Waals surface area contributed by atoms with E-state index in [0.717, 1.165) is 36.3 Å². The van der Waals surface area contributed by atoms with Crippen molar-refractivity contribution in [3.05, 3.63) is 34.9 Å². The van der Waals surface area contributed by atoms with E-state index in [4.69, 9.17) is 17.3 Å². The van der Waals surface area contributed by atoms with E-state index in [1.54, 1.807) is 0 Å². The van der Waals surface area contributed by atoms with Crippen LogP contribution in [0.1, 0.15) is 44.2 Å². The summed E-state index contributed by atoms with van der Waals surface area (Å²) in [5.74, 6) is -0.0427. The summed E-state index contributed by atoms with van der Waals surface area (Å²) in [7, 11) is 3.99. The highest BCUT2D eigenvalue weighted by molar-refractivity contribution is 6.31. The van der Waals surface area contributed by atoms with Crippen LogP contribution in [0.3, 0.4) is 0 Å². The number of nitrogens with zero attached hydrogens (tertiary/aromatic N) is 1. The summed E-state index contributed by atoms with van der Waals surface area (Å²) in [6, 6.07) is 7.82. The molecule has 0 aromatic heterocycles. The van der Waals surface area contributed by atoms with Gasteiger partial charge in [0.1, 0.15) is 0 Å². The van der Waals surface area contributed by atoms with Gasteiger partial charge < -0.3 is 16.0 Å². The van der Waals surface area contributed by atoms with Crippen LogP contribution in [0, 0.1) is 5.92 Å². The van der Waals surface area contributed by atoms with Crippen LogP contribution in [0.25, 0.3) is 0 Å². The molecule has 1 aliphatic carbocycles. The second kappa shape index (κ2) is 7.65. The SMILES string of the molecule is CN(C)C(CNC(=O)C1CCCCC1(C)N)c1ccccc1Cl. The van der Waals surface area contributed by atoms with Crippen LogP contribution in [-0.4, -0.2) is 37.0 Å². The monoisotopic (exact) mass is 337 g/mol. The first kappa shape index (κ1) is 18.2. The summed E-state index contributed by atoms with van der Waals surface area (Å²) >= 11 is 6.31. The van der Waals surface area contributed by atoms with E-state index in [9.17, 15) is 4.79 Å². The van der Waals surface area contributed by atoms with Crippen LogP contribution in [0.5, 0.6) is 0 Å². The van der Waals surface area contributed by atoms with Gasteiger partial charge in [-0.05, 0) is 45.5 Å². The number of hydrogen-bond donors (Lipinski definition) is 2. The molecule has 1 aromatic carbocycles. The Hall–Kier alpha value is -1.10. The van der Waals surface area contributed by atoms with E-state index in [1.807, 2.05) is 45.3 Å². The molecule has 0 bridgehead atoms. The molecule has 0 radical (unpaired) electrons. The highest BCUT2D eigenvalue weighted by Crippen LogP contribution is 2.32. The third kappa shape index (κ3) is 4.46. The van der Waals surface area contributed by atoms with Gasteiger partial charge in [0, 0.05) is 17.1 Å². The van der Waals surface area contributed by atoms with Crippen LogP contribution in [0.2, 0.25) is 5.02 Å². The Morgan fingerprint density at radius 1 is 1.43 bits per heavy atom. The molecule has 0 aliphatic heterocycles. The standard InChI is InChI=1S/C18H28ClN3O/c1-18(20)11-7-6-9-14(18)17(23)21-12-16(22(2)3)13-8-4-5-10-15(13)19/h4-5,8,10,14,16H,6-7,9,11-12,20H2,1-3H3,(H,21,23). The largest absolute Gasteiger partial charge is 0.354 e. The van der Waals surface area contributed by atoms with E-state index in [0.29, 0.717) is 6.54 Å². The molecular formula is C18H28ClN3O. The van der Waals surface area contributed by atoms with Crippen molar-refractivity contribution in [3.63, 3.8) is 0 Å². The molecule has 0 saturated heterocycles. The first-order valence-electron chi connectivity index (χ1n) is 8.30. The minimum Gasteiger partial charge on any atom is -0.354 e. The Morgan fingerprint density at radius 2 is 2.13 bits per heavy atom. The normalized spacial score (nSPS) is 26.1. The second-order valence-electron chi connectivity index (χ2n) is 7.05. The van der Waals surface area contributed by atoms with Crippen LogP contribution in [0.4, 0.5) is 0 Å². The molecule has 1 aromatic rings. The molecule has 2 rings (SSSR count). The summed E-state index contributed by atoms with van der Waals surface area (Å²) in [6.07, 6.45) is 3.97.